The molecular weight excluding hydrogens is 452 g/mol. The summed E-state index contributed by atoms with van der Waals surface area (Å²) in [6, 6.07) is 31.0. The summed E-state index contributed by atoms with van der Waals surface area (Å²) in [7, 11) is 4.76. The number of para-hydroxylation sites is 1. The molecule has 0 fully saturated rings. The van der Waals surface area contributed by atoms with Crippen LogP contribution in [0.25, 0.3) is 39.6 Å². The zero-order valence-electron chi connectivity index (χ0n) is 20.3. The molecule has 5 rings (SSSR count). The number of rotatable bonds is 7. The Morgan fingerprint density at radius 2 is 1.22 bits per heavy atom. The highest BCUT2D eigenvalue weighted by Gasteiger charge is 2.25. The minimum absolute atomic E-state index is 0.135. The maximum absolute atomic E-state index is 10.8. The quantitative estimate of drug-likeness (QED) is 0.285. The normalized spacial score (nSPS) is 10.8. The molecule has 0 amide bonds. The maximum Gasteiger partial charge on any atom is 0.203 e. The van der Waals surface area contributed by atoms with Crippen LogP contribution < -0.4 is 14.2 Å². The van der Waals surface area contributed by atoms with Gasteiger partial charge in [-0.2, -0.15) is 0 Å². The van der Waals surface area contributed by atoms with Crippen molar-refractivity contribution in [2.45, 2.75) is 0 Å². The minimum Gasteiger partial charge on any atom is -0.507 e. The Bertz CT molecular complexity index is 1470. The Balaban J connectivity index is 1.93. The molecule has 1 aromatic heterocycles. The van der Waals surface area contributed by atoms with Gasteiger partial charge in [-0.05, 0) is 12.1 Å². The molecule has 0 aliphatic rings. The van der Waals surface area contributed by atoms with E-state index in [0.29, 0.717) is 28.6 Å². The van der Waals surface area contributed by atoms with Crippen molar-refractivity contribution in [1.29, 1.82) is 0 Å². The van der Waals surface area contributed by atoms with E-state index in [0.717, 1.165) is 28.2 Å². The summed E-state index contributed by atoms with van der Waals surface area (Å²) in [5.74, 6) is 2.25. The Labute approximate surface area is 210 Å². The highest BCUT2D eigenvalue weighted by atomic mass is 16.5. The third-order valence-corrected chi connectivity index (χ3v) is 6.02. The first-order valence-electron chi connectivity index (χ1n) is 11.5. The van der Waals surface area contributed by atoms with Crippen LogP contribution in [0.15, 0.2) is 97.1 Å². The average molecular weight is 479 g/mol. The molecule has 0 bridgehead atoms. The lowest BCUT2D eigenvalue weighted by Crippen LogP contribution is -2.03. The van der Waals surface area contributed by atoms with Crippen molar-refractivity contribution in [3.8, 4) is 62.6 Å². The smallest absolute Gasteiger partial charge is 0.203 e. The van der Waals surface area contributed by atoms with E-state index in [4.69, 9.17) is 19.2 Å². The van der Waals surface area contributed by atoms with E-state index in [1.807, 2.05) is 89.5 Å². The highest BCUT2D eigenvalue weighted by Crippen LogP contribution is 2.44. The molecule has 6 nitrogen and oxygen atoms in total. The van der Waals surface area contributed by atoms with Crippen LogP contribution in [0.1, 0.15) is 0 Å². The van der Waals surface area contributed by atoms with E-state index >= 15 is 0 Å². The number of imidazole rings is 1. The molecule has 4 aromatic carbocycles. The second kappa shape index (κ2) is 9.88. The predicted molar refractivity (Wildman–Crippen MR) is 141 cm³/mol. The van der Waals surface area contributed by atoms with Crippen molar-refractivity contribution in [3.05, 3.63) is 97.1 Å². The van der Waals surface area contributed by atoms with Gasteiger partial charge in [-0.1, -0.05) is 72.8 Å². The standard InChI is InChI=1S/C30H26N2O4/c1-34-25-18-22(19-26(35-2)29(25)36-3)32-28(21-14-8-5-9-15-21)27(20-12-6-4-7-13-20)31-30(32)23-16-10-11-17-24(23)33/h4-19,33H,1-3H3. The maximum atomic E-state index is 10.8. The number of aromatic hydroxyl groups is 1. The SMILES string of the molecule is COc1cc(-n2c(-c3ccccc3O)nc(-c3ccccc3)c2-c2ccccc2)cc(OC)c1OC. The number of hydrogen-bond acceptors (Lipinski definition) is 5. The summed E-state index contributed by atoms with van der Waals surface area (Å²) < 4.78 is 18.9. The van der Waals surface area contributed by atoms with Gasteiger partial charge in [0.2, 0.25) is 5.75 Å². The molecule has 0 saturated heterocycles. The van der Waals surface area contributed by atoms with Crippen molar-refractivity contribution in [3.63, 3.8) is 0 Å². The zero-order chi connectivity index (χ0) is 25.1. The Morgan fingerprint density at radius 1 is 0.667 bits per heavy atom. The number of nitrogens with zero attached hydrogens (tertiary/aromatic N) is 2. The van der Waals surface area contributed by atoms with Gasteiger partial charge < -0.3 is 19.3 Å². The van der Waals surface area contributed by atoms with Crippen LogP contribution in [-0.4, -0.2) is 36.0 Å². The molecule has 6 heteroatoms. The molecule has 1 N–H and O–H groups in total. The first-order chi connectivity index (χ1) is 17.7. The molecule has 0 saturated carbocycles. The van der Waals surface area contributed by atoms with Crippen LogP contribution >= 0.6 is 0 Å². The molecule has 0 aliphatic carbocycles. The third-order valence-electron chi connectivity index (χ3n) is 6.02. The third kappa shape index (κ3) is 4.03. The van der Waals surface area contributed by atoms with Crippen LogP contribution in [0.4, 0.5) is 0 Å². The second-order valence-electron chi connectivity index (χ2n) is 8.10. The molecule has 0 spiro atoms. The average Bonchev–Trinajstić information content (AvgIpc) is 3.34. The van der Waals surface area contributed by atoms with Crippen molar-refractivity contribution in [1.82, 2.24) is 9.55 Å². The van der Waals surface area contributed by atoms with Gasteiger partial charge in [0.25, 0.3) is 0 Å². The van der Waals surface area contributed by atoms with Crippen molar-refractivity contribution >= 4 is 0 Å². The predicted octanol–water partition coefficient (Wildman–Crippen LogP) is 6.60. The van der Waals surface area contributed by atoms with E-state index in [2.05, 4.69) is 0 Å². The molecule has 0 unspecified atom stereocenters. The lowest BCUT2D eigenvalue weighted by atomic mass is 10.0. The molecule has 0 atom stereocenters. The summed E-state index contributed by atoms with van der Waals surface area (Å²) in [5, 5.41) is 10.8. The van der Waals surface area contributed by atoms with Crippen LogP contribution in [0, 0.1) is 0 Å². The fourth-order valence-corrected chi connectivity index (χ4v) is 4.37. The first-order valence-corrected chi connectivity index (χ1v) is 11.5. The highest BCUT2D eigenvalue weighted by molar-refractivity contribution is 5.85. The largest absolute Gasteiger partial charge is 0.507 e. The van der Waals surface area contributed by atoms with Crippen LogP contribution in [0.2, 0.25) is 0 Å². The van der Waals surface area contributed by atoms with Gasteiger partial charge in [-0.25, -0.2) is 4.98 Å². The van der Waals surface area contributed by atoms with Gasteiger partial charge in [0.05, 0.1) is 44.0 Å². The number of aromatic nitrogens is 2. The minimum atomic E-state index is 0.135. The number of phenols is 1. The van der Waals surface area contributed by atoms with Crippen molar-refractivity contribution in [2.24, 2.45) is 0 Å². The number of benzene rings is 4. The van der Waals surface area contributed by atoms with Gasteiger partial charge in [-0.15, -0.1) is 0 Å². The molecule has 1 heterocycles. The number of ether oxygens (including phenoxy) is 3. The Kier molecular flexibility index (Phi) is 6.33. The molecule has 0 radical (unpaired) electrons. The van der Waals surface area contributed by atoms with Crippen LogP contribution in [-0.2, 0) is 0 Å². The zero-order valence-corrected chi connectivity index (χ0v) is 20.3. The summed E-state index contributed by atoms with van der Waals surface area (Å²) in [6.07, 6.45) is 0. The molecule has 36 heavy (non-hydrogen) atoms. The van der Waals surface area contributed by atoms with Crippen molar-refractivity contribution < 1.29 is 19.3 Å². The first kappa shape index (κ1) is 23.1. The monoisotopic (exact) mass is 478 g/mol. The molecule has 180 valence electrons. The van der Waals surface area contributed by atoms with Crippen LogP contribution in [0.5, 0.6) is 23.0 Å². The fourth-order valence-electron chi connectivity index (χ4n) is 4.37. The van der Waals surface area contributed by atoms with E-state index in [1.54, 1.807) is 33.5 Å². The number of methoxy groups -OCH3 is 3. The van der Waals surface area contributed by atoms with Crippen molar-refractivity contribution in [2.75, 3.05) is 21.3 Å². The summed E-state index contributed by atoms with van der Waals surface area (Å²) in [5.41, 5.74) is 4.93. The van der Waals surface area contributed by atoms with Gasteiger partial charge in [-0.3, -0.25) is 4.57 Å². The topological polar surface area (TPSA) is 65.7 Å². The molecule has 0 aliphatic heterocycles. The van der Waals surface area contributed by atoms with Gasteiger partial charge >= 0.3 is 0 Å². The van der Waals surface area contributed by atoms with Gasteiger partial charge in [0, 0.05) is 23.3 Å². The summed E-state index contributed by atoms with van der Waals surface area (Å²) in [4.78, 5) is 5.11. The molecule has 5 aromatic rings. The van der Waals surface area contributed by atoms with E-state index < -0.39 is 0 Å². The lowest BCUT2D eigenvalue weighted by Gasteiger charge is -2.18. The van der Waals surface area contributed by atoms with Gasteiger partial charge in [0.15, 0.2) is 11.5 Å². The fraction of sp³-hybridized carbons (Fsp3) is 0.100. The van der Waals surface area contributed by atoms with Gasteiger partial charge in [0.1, 0.15) is 11.6 Å². The van der Waals surface area contributed by atoms with E-state index in [-0.39, 0.29) is 5.75 Å². The second-order valence-corrected chi connectivity index (χ2v) is 8.10. The Hall–Kier alpha value is -4.71. The Morgan fingerprint density at radius 3 is 1.78 bits per heavy atom. The lowest BCUT2D eigenvalue weighted by molar-refractivity contribution is 0.324. The summed E-state index contributed by atoms with van der Waals surface area (Å²) in [6.45, 7) is 0. The summed E-state index contributed by atoms with van der Waals surface area (Å²) >= 11 is 0. The van der Waals surface area contributed by atoms with E-state index in [9.17, 15) is 5.11 Å². The number of phenolic OH excluding ortho intramolecular Hbond substituents is 1. The molecular formula is C30H26N2O4. The number of hydrogen-bond donors (Lipinski definition) is 1. The van der Waals surface area contributed by atoms with E-state index in [1.165, 1.54) is 0 Å². The van der Waals surface area contributed by atoms with Crippen LogP contribution in [0.3, 0.4) is 0 Å².